The number of ether oxygens (including phenoxy) is 3. The highest BCUT2D eigenvalue weighted by atomic mass is 16.5. The van der Waals surface area contributed by atoms with Gasteiger partial charge in [0.1, 0.15) is 17.9 Å². The van der Waals surface area contributed by atoms with E-state index >= 15 is 0 Å². The fourth-order valence-corrected chi connectivity index (χ4v) is 3.62. The maximum Gasteiger partial charge on any atom is 0.345 e. The number of aliphatic imine (C=N–C) groups is 1. The summed E-state index contributed by atoms with van der Waals surface area (Å²) in [6.45, 7) is 5.34. The number of nitrogens with one attached hydrogen (secondary N) is 1. The van der Waals surface area contributed by atoms with Gasteiger partial charge in [0.05, 0.1) is 25.8 Å². The number of urea groups is 1. The molecule has 1 aliphatic rings. The number of amides is 2. The van der Waals surface area contributed by atoms with E-state index in [0.29, 0.717) is 30.3 Å². The predicted octanol–water partition coefficient (Wildman–Crippen LogP) is 4.17. The zero-order chi connectivity index (χ0) is 23.4. The second-order valence-corrected chi connectivity index (χ2v) is 7.99. The van der Waals surface area contributed by atoms with E-state index < -0.39 is 6.03 Å². The van der Waals surface area contributed by atoms with E-state index in [9.17, 15) is 4.79 Å². The zero-order valence-electron chi connectivity index (χ0n) is 19.1. The van der Waals surface area contributed by atoms with Crippen LogP contribution in [0.4, 0.5) is 16.3 Å². The van der Waals surface area contributed by atoms with Gasteiger partial charge in [-0.05, 0) is 44.2 Å². The van der Waals surface area contributed by atoms with E-state index in [2.05, 4.69) is 25.2 Å². The molecule has 1 aliphatic heterocycles. The van der Waals surface area contributed by atoms with Gasteiger partial charge in [-0.1, -0.05) is 0 Å². The largest absolute Gasteiger partial charge is 0.493 e. The summed E-state index contributed by atoms with van der Waals surface area (Å²) >= 11 is 0. The van der Waals surface area contributed by atoms with Gasteiger partial charge in [-0.2, -0.15) is 0 Å². The number of fused-ring (bicyclic) bond motifs is 1. The summed E-state index contributed by atoms with van der Waals surface area (Å²) in [6, 6.07) is 10.5. The molecule has 1 saturated heterocycles. The standard InChI is InChI=1S/C24H27N5O4/c1-15(2)33-18-7-5-17(6-8-18)28-24(30)25-11-16-12-29(13-16)23-19-9-21(31-3)22(32-4)10-20(19)26-14-27-23/h5-11,14-16H,12-13H2,1-4H3,(H,28,30). The molecular formula is C24H27N5O4. The monoisotopic (exact) mass is 449 g/mol. The van der Waals surface area contributed by atoms with Gasteiger partial charge < -0.3 is 24.4 Å². The number of rotatable bonds is 7. The highest BCUT2D eigenvalue weighted by Crippen LogP contribution is 2.36. The lowest BCUT2D eigenvalue weighted by Crippen LogP contribution is -2.48. The van der Waals surface area contributed by atoms with Gasteiger partial charge >= 0.3 is 6.03 Å². The average molecular weight is 450 g/mol. The second kappa shape index (κ2) is 9.72. The van der Waals surface area contributed by atoms with Crippen LogP contribution in [0, 0.1) is 5.92 Å². The molecule has 0 spiro atoms. The Balaban J connectivity index is 1.35. The number of benzene rings is 2. The Labute approximate surface area is 192 Å². The Morgan fingerprint density at radius 3 is 2.48 bits per heavy atom. The number of hydrogen-bond acceptors (Lipinski definition) is 7. The highest BCUT2D eigenvalue weighted by molar-refractivity contribution is 5.96. The van der Waals surface area contributed by atoms with E-state index in [0.717, 1.165) is 22.5 Å². The quantitative estimate of drug-likeness (QED) is 0.541. The lowest BCUT2D eigenvalue weighted by Gasteiger charge is -2.38. The fourth-order valence-electron chi connectivity index (χ4n) is 3.62. The van der Waals surface area contributed by atoms with E-state index in [1.54, 1.807) is 32.6 Å². The Bertz CT molecular complexity index is 1160. The third-order valence-corrected chi connectivity index (χ3v) is 5.21. The van der Waals surface area contributed by atoms with Crippen LogP contribution in [-0.2, 0) is 0 Å². The van der Waals surface area contributed by atoms with Gasteiger partial charge in [-0.25, -0.2) is 19.8 Å². The predicted molar refractivity (Wildman–Crippen MR) is 128 cm³/mol. The first kappa shape index (κ1) is 22.3. The molecule has 9 nitrogen and oxygen atoms in total. The molecule has 0 atom stereocenters. The van der Waals surface area contributed by atoms with E-state index in [4.69, 9.17) is 14.2 Å². The molecular weight excluding hydrogens is 422 g/mol. The summed E-state index contributed by atoms with van der Waals surface area (Å²) in [7, 11) is 3.19. The number of hydrogen-bond donors (Lipinski definition) is 1. The molecule has 0 bridgehead atoms. The van der Waals surface area contributed by atoms with Crippen molar-refractivity contribution in [3.8, 4) is 17.2 Å². The van der Waals surface area contributed by atoms with Crippen LogP contribution in [0.15, 0.2) is 47.7 Å². The van der Waals surface area contributed by atoms with Crippen molar-refractivity contribution in [3.63, 3.8) is 0 Å². The Kier molecular flexibility index (Phi) is 6.58. The lowest BCUT2D eigenvalue weighted by atomic mass is 10.0. The highest BCUT2D eigenvalue weighted by Gasteiger charge is 2.28. The van der Waals surface area contributed by atoms with Crippen molar-refractivity contribution >= 4 is 34.7 Å². The topological polar surface area (TPSA) is 98.2 Å². The van der Waals surface area contributed by atoms with Gasteiger partial charge in [0.2, 0.25) is 0 Å². The molecule has 4 rings (SSSR count). The molecule has 2 amide bonds. The number of carbonyl (C=O) groups is 1. The van der Waals surface area contributed by atoms with Crippen LogP contribution in [0.1, 0.15) is 13.8 Å². The van der Waals surface area contributed by atoms with Crippen LogP contribution < -0.4 is 24.4 Å². The van der Waals surface area contributed by atoms with Crippen molar-refractivity contribution in [3.05, 3.63) is 42.7 Å². The molecule has 0 unspecified atom stereocenters. The number of aromatic nitrogens is 2. The summed E-state index contributed by atoms with van der Waals surface area (Å²) in [4.78, 5) is 27.1. The van der Waals surface area contributed by atoms with Crippen LogP contribution in [0.5, 0.6) is 17.2 Å². The van der Waals surface area contributed by atoms with Crippen molar-refractivity contribution in [2.24, 2.45) is 10.9 Å². The molecule has 1 fully saturated rings. The van der Waals surface area contributed by atoms with Gasteiger partial charge in [0.25, 0.3) is 0 Å². The molecule has 2 aromatic carbocycles. The SMILES string of the molecule is COc1cc2ncnc(N3CC(C=NC(=O)Nc4ccc(OC(C)C)cc4)C3)c2cc1OC. The third-order valence-electron chi connectivity index (χ3n) is 5.21. The van der Waals surface area contributed by atoms with Crippen molar-refractivity contribution in [1.82, 2.24) is 9.97 Å². The molecule has 9 heteroatoms. The first-order chi connectivity index (χ1) is 16.0. The smallest absolute Gasteiger partial charge is 0.345 e. The van der Waals surface area contributed by atoms with Gasteiger partial charge in [0, 0.05) is 42.4 Å². The van der Waals surface area contributed by atoms with Gasteiger partial charge in [-0.15, -0.1) is 0 Å². The van der Waals surface area contributed by atoms with Crippen LogP contribution in [-0.4, -0.2) is 55.6 Å². The molecule has 0 radical (unpaired) electrons. The molecule has 0 saturated carbocycles. The summed E-state index contributed by atoms with van der Waals surface area (Å²) < 4.78 is 16.4. The lowest BCUT2D eigenvalue weighted by molar-refractivity contribution is 0.242. The van der Waals surface area contributed by atoms with E-state index in [1.807, 2.05) is 38.1 Å². The molecule has 1 N–H and O–H groups in total. The number of methoxy groups -OCH3 is 2. The maximum atomic E-state index is 12.2. The maximum absolute atomic E-state index is 12.2. The Morgan fingerprint density at radius 1 is 1.12 bits per heavy atom. The minimum Gasteiger partial charge on any atom is -0.493 e. The van der Waals surface area contributed by atoms with Crippen molar-refractivity contribution in [2.75, 3.05) is 37.5 Å². The Hall–Kier alpha value is -3.88. The minimum atomic E-state index is -0.407. The van der Waals surface area contributed by atoms with E-state index in [-0.39, 0.29) is 12.0 Å². The van der Waals surface area contributed by atoms with Crippen LogP contribution in [0.3, 0.4) is 0 Å². The summed E-state index contributed by atoms with van der Waals surface area (Å²) in [5.41, 5.74) is 1.44. The molecule has 2 heterocycles. The number of nitrogens with zero attached hydrogens (tertiary/aromatic N) is 4. The molecule has 3 aromatic rings. The van der Waals surface area contributed by atoms with Crippen LogP contribution in [0.2, 0.25) is 0 Å². The van der Waals surface area contributed by atoms with Crippen molar-refractivity contribution in [1.29, 1.82) is 0 Å². The third kappa shape index (κ3) is 5.14. The van der Waals surface area contributed by atoms with Crippen LogP contribution in [0.25, 0.3) is 10.9 Å². The van der Waals surface area contributed by atoms with E-state index in [1.165, 1.54) is 6.33 Å². The molecule has 0 aliphatic carbocycles. The van der Waals surface area contributed by atoms with Crippen molar-refractivity contribution < 1.29 is 19.0 Å². The first-order valence-electron chi connectivity index (χ1n) is 10.7. The van der Waals surface area contributed by atoms with Crippen molar-refractivity contribution in [2.45, 2.75) is 20.0 Å². The molecule has 1 aromatic heterocycles. The average Bonchev–Trinajstić information content (AvgIpc) is 2.78. The summed E-state index contributed by atoms with van der Waals surface area (Å²) in [6.07, 6.45) is 3.33. The summed E-state index contributed by atoms with van der Waals surface area (Å²) in [5, 5.41) is 3.65. The van der Waals surface area contributed by atoms with Crippen LogP contribution >= 0.6 is 0 Å². The normalized spacial score (nSPS) is 13.9. The van der Waals surface area contributed by atoms with Gasteiger partial charge in [-0.3, -0.25) is 0 Å². The summed E-state index contributed by atoms with van der Waals surface area (Å²) in [5.74, 6) is 2.98. The fraction of sp³-hybridized carbons (Fsp3) is 0.333. The zero-order valence-corrected chi connectivity index (χ0v) is 19.1. The van der Waals surface area contributed by atoms with Gasteiger partial charge in [0.15, 0.2) is 11.5 Å². The Morgan fingerprint density at radius 2 is 1.82 bits per heavy atom. The number of anilines is 2. The molecule has 33 heavy (non-hydrogen) atoms. The molecule has 172 valence electrons. The second-order valence-electron chi connectivity index (χ2n) is 7.99. The number of carbonyl (C=O) groups excluding carboxylic acids is 1. The minimum absolute atomic E-state index is 0.0993. The first-order valence-corrected chi connectivity index (χ1v) is 10.7.